The molecular weight excluding hydrogens is 400 g/mol. The largest absolute Gasteiger partial charge is 0.468 e. The Bertz CT molecular complexity index is 1090. The fourth-order valence-corrected chi connectivity index (χ4v) is 4.42. The van der Waals surface area contributed by atoms with Gasteiger partial charge in [0.05, 0.1) is 24.2 Å². The number of benzene rings is 2. The molecule has 0 aliphatic rings. The van der Waals surface area contributed by atoms with E-state index in [4.69, 9.17) is 4.42 Å². The van der Waals surface area contributed by atoms with Crippen LogP contribution in [-0.4, -0.2) is 37.1 Å². The molecular formula is C23H26N2O4S. The standard InChI is InChI=1S/C23H26N2O4S/c1-18-10-12-22(13-11-18)30(27,28)25(16-21-9-6-14-29-21)17-23(26)24(3)15-20-8-5-4-7-19(20)2/h4-14H,15-17H2,1-3H3. The lowest BCUT2D eigenvalue weighted by atomic mass is 10.1. The van der Waals surface area contributed by atoms with Crippen molar-refractivity contribution >= 4 is 15.9 Å². The number of rotatable bonds is 8. The van der Waals surface area contributed by atoms with E-state index in [0.29, 0.717) is 12.3 Å². The van der Waals surface area contributed by atoms with Crippen LogP contribution in [0.25, 0.3) is 0 Å². The summed E-state index contributed by atoms with van der Waals surface area (Å²) in [6, 6.07) is 17.8. The molecule has 0 spiro atoms. The third-order valence-corrected chi connectivity index (χ3v) is 6.78. The Hall–Kier alpha value is -2.90. The van der Waals surface area contributed by atoms with Crippen LogP contribution in [0.2, 0.25) is 0 Å². The molecule has 1 heterocycles. The first-order valence-electron chi connectivity index (χ1n) is 9.65. The van der Waals surface area contributed by atoms with Gasteiger partial charge in [0.1, 0.15) is 5.76 Å². The highest BCUT2D eigenvalue weighted by Crippen LogP contribution is 2.20. The average molecular weight is 427 g/mol. The fraction of sp³-hybridized carbons (Fsp3) is 0.261. The molecule has 3 aromatic rings. The zero-order chi connectivity index (χ0) is 21.7. The topological polar surface area (TPSA) is 70.8 Å². The van der Waals surface area contributed by atoms with E-state index in [0.717, 1.165) is 21.0 Å². The first kappa shape index (κ1) is 21.8. The molecule has 0 saturated heterocycles. The van der Waals surface area contributed by atoms with Gasteiger partial charge in [-0.1, -0.05) is 42.0 Å². The van der Waals surface area contributed by atoms with Gasteiger partial charge in [0, 0.05) is 13.6 Å². The van der Waals surface area contributed by atoms with Crippen molar-refractivity contribution in [2.45, 2.75) is 31.8 Å². The summed E-state index contributed by atoms with van der Waals surface area (Å²) in [6.45, 7) is 3.98. The molecule has 7 heteroatoms. The van der Waals surface area contributed by atoms with Crippen molar-refractivity contribution in [3.05, 3.63) is 89.4 Å². The summed E-state index contributed by atoms with van der Waals surface area (Å²) in [5.74, 6) is 0.181. The van der Waals surface area contributed by atoms with Crippen LogP contribution >= 0.6 is 0 Å². The maximum atomic E-state index is 13.3. The zero-order valence-electron chi connectivity index (χ0n) is 17.4. The fourth-order valence-electron chi connectivity index (χ4n) is 3.06. The van der Waals surface area contributed by atoms with Crippen molar-refractivity contribution in [1.82, 2.24) is 9.21 Å². The summed E-state index contributed by atoms with van der Waals surface area (Å²) in [6.07, 6.45) is 1.48. The van der Waals surface area contributed by atoms with Crippen LogP contribution in [0.15, 0.2) is 76.2 Å². The van der Waals surface area contributed by atoms with Crippen LogP contribution in [0, 0.1) is 13.8 Å². The van der Waals surface area contributed by atoms with Gasteiger partial charge in [-0.15, -0.1) is 0 Å². The third kappa shape index (κ3) is 5.17. The number of furan rings is 1. The van der Waals surface area contributed by atoms with E-state index < -0.39 is 10.0 Å². The number of hydrogen-bond donors (Lipinski definition) is 0. The predicted molar refractivity (Wildman–Crippen MR) is 115 cm³/mol. The van der Waals surface area contributed by atoms with Crippen molar-refractivity contribution in [2.24, 2.45) is 0 Å². The van der Waals surface area contributed by atoms with Gasteiger partial charge in [-0.25, -0.2) is 8.42 Å². The van der Waals surface area contributed by atoms with Gasteiger partial charge >= 0.3 is 0 Å². The highest BCUT2D eigenvalue weighted by atomic mass is 32.2. The van der Waals surface area contributed by atoms with Gasteiger partial charge in [-0.2, -0.15) is 4.31 Å². The van der Waals surface area contributed by atoms with Crippen LogP contribution in [0.4, 0.5) is 0 Å². The quantitative estimate of drug-likeness (QED) is 0.550. The van der Waals surface area contributed by atoms with Crippen LogP contribution < -0.4 is 0 Å². The van der Waals surface area contributed by atoms with Crippen molar-refractivity contribution in [2.75, 3.05) is 13.6 Å². The molecule has 0 atom stereocenters. The molecule has 0 unspecified atom stereocenters. The van der Waals surface area contributed by atoms with Gasteiger partial charge in [-0.05, 0) is 49.2 Å². The molecule has 0 radical (unpaired) electrons. The van der Waals surface area contributed by atoms with Crippen molar-refractivity contribution in [1.29, 1.82) is 0 Å². The number of nitrogens with zero attached hydrogens (tertiary/aromatic N) is 2. The van der Waals surface area contributed by atoms with E-state index in [-0.39, 0.29) is 23.9 Å². The Labute approximate surface area is 177 Å². The molecule has 0 bridgehead atoms. The van der Waals surface area contributed by atoms with Crippen LogP contribution in [0.5, 0.6) is 0 Å². The van der Waals surface area contributed by atoms with Gasteiger partial charge in [0.15, 0.2) is 0 Å². The third-order valence-electron chi connectivity index (χ3n) is 4.98. The molecule has 30 heavy (non-hydrogen) atoms. The number of carbonyl (C=O) groups excluding carboxylic acids is 1. The number of amides is 1. The summed E-state index contributed by atoms with van der Waals surface area (Å²) in [5, 5.41) is 0. The molecule has 6 nitrogen and oxygen atoms in total. The second kappa shape index (κ2) is 9.28. The maximum Gasteiger partial charge on any atom is 0.243 e. The highest BCUT2D eigenvalue weighted by molar-refractivity contribution is 7.89. The Balaban J connectivity index is 1.82. The molecule has 1 amide bonds. The molecule has 0 N–H and O–H groups in total. The van der Waals surface area contributed by atoms with Crippen LogP contribution in [-0.2, 0) is 27.9 Å². The number of carbonyl (C=O) groups is 1. The van der Waals surface area contributed by atoms with Gasteiger partial charge < -0.3 is 9.32 Å². The van der Waals surface area contributed by atoms with Crippen molar-refractivity contribution in [3.8, 4) is 0 Å². The predicted octanol–water partition coefficient (Wildman–Crippen LogP) is 3.75. The van der Waals surface area contributed by atoms with E-state index in [1.807, 2.05) is 38.1 Å². The Kier molecular flexibility index (Phi) is 6.74. The summed E-state index contributed by atoms with van der Waals surface area (Å²) in [5.41, 5.74) is 3.06. The van der Waals surface area contributed by atoms with E-state index in [1.165, 1.54) is 6.26 Å². The van der Waals surface area contributed by atoms with Crippen molar-refractivity contribution in [3.63, 3.8) is 0 Å². The van der Waals surface area contributed by atoms with E-state index in [9.17, 15) is 13.2 Å². The minimum atomic E-state index is -3.88. The monoisotopic (exact) mass is 426 g/mol. The minimum Gasteiger partial charge on any atom is -0.468 e. The molecule has 2 aromatic carbocycles. The summed E-state index contributed by atoms with van der Waals surface area (Å²) in [4.78, 5) is 14.6. The van der Waals surface area contributed by atoms with E-state index in [2.05, 4.69) is 0 Å². The average Bonchev–Trinajstić information content (AvgIpc) is 3.22. The van der Waals surface area contributed by atoms with E-state index >= 15 is 0 Å². The van der Waals surface area contributed by atoms with Gasteiger partial charge in [0.2, 0.25) is 15.9 Å². The number of likely N-dealkylation sites (N-methyl/N-ethyl adjacent to an activating group) is 1. The SMILES string of the molecule is Cc1ccc(S(=O)(=O)N(CC(=O)N(C)Cc2ccccc2C)Cc2ccco2)cc1. The second-order valence-corrected chi connectivity index (χ2v) is 9.28. The molecule has 3 rings (SSSR count). The molecule has 0 aliphatic carbocycles. The van der Waals surface area contributed by atoms with Gasteiger partial charge in [0.25, 0.3) is 0 Å². The Morgan fingerprint density at radius 1 is 0.933 bits per heavy atom. The molecule has 0 fully saturated rings. The normalized spacial score (nSPS) is 11.6. The maximum absolute atomic E-state index is 13.3. The smallest absolute Gasteiger partial charge is 0.243 e. The summed E-state index contributed by atoms with van der Waals surface area (Å²) < 4.78 is 33.0. The second-order valence-electron chi connectivity index (χ2n) is 7.34. The van der Waals surface area contributed by atoms with Crippen molar-refractivity contribution < 1.29 is 17.6 Å². The molecule has 1 aromatic heterocycles. The summed E-state index contributed by atoms with van der Waals surface area (Å²) >= 11 is 0. The lowest BCUT2D eigenvalue weighted by Crippen LogP contribution is -2.40. The zero-order valence-corrected chi connectivity index (χ0v) is 18.2. The first-order valence-corrected chi connectivity index (χ1v) is 11.1. The Morgan fingerprint density at radius 3 is 2.27 bits per heavy atom. The van der Waals surface area contributed by atoms with Crippen LogP contribution in [0.3, 0.4) is 0 Å². The molecule has 158 valence electrons. The lowest BCUT2D eigenvalue weighted by Gasteiger charge is -2.25. The molecule has 0 aliphatic heterocycles. The number of hydrogen-bond acceptors (Lipinski definition) is 4. The number of aryl methyl sites for hydroxylation is 2. The minimum absolute atomic E-state index is 0.0207. The Morgan fingerprint density at radius 2 is 1.63 bits per heavy atom. The van der Waals surface area contributed by atoms with Crippen LogP contribution in [0.1, 0.15) is 22.5 Å². The molecule has 0 saturated carbocycles. The van der Waals surface area contributed by atoms with E-state index in [1.54, 1.807) is 48.3 Å². The summed E-state index contributed by atoms with van der Waals surface area (Å²) in [7, 11) is -2.20. The number of sulfonamides is 1. The highest BCUT2D eigenvalue weighted by Gasteiger charge is 2.28. The first-order chi connectivity index (χ1) is 14.3. The van der Waals surface area contributed by atoms with Gasteiger partial charge in [-0.3, -0.25) is 4.79 Å². The lowest BCUT2D eigenvalue weighted by molar-refractivity contribution is -0.130.